The summed E-state index contributed by atoms with van der Waals surface area (Å²) in [6.07, 6.45) is 3.18. The van der Waals surface area contributed by atoms with Gasteiger partial charge >= 0.3 is 0 Å². The summed E-state index contributed by atoms with van der Waals surface area (Å²) >= 11 is 7.71. The normalized spacial score (nSPS) is 15.3. The van der Waals surface area contributed by atoms with Gasteiger partial charge in [-0.05, 0) is 42.7 Å². The SMILES string of the molecule is CSCCC(NC(=O)c1ccccc1Cl)C(=O)N1CCC(Oc2ccc(F)cc2F)CC1. The molecule has 1 unspecified atom stereocenters. The van der Waals surface area contributed by atoms with E-state index in [1.807, 2.05) is 6.26 Å². The van der Waals surface area contributed by atoms with Crippen LogP contribution in [0.1, 0.15) is 29.6 Å². The summed E-state index contributed by atoms with van der Waals surface area (Å²) in [5, 5.41) is 3.15. The van der Waals surface area contributed by atoms with E-state index in [0.717, 1.165) is 12.1 Å². The van der Waals surface area contributed by atoms with Gasteiger partial charge in [-0.25, -0.2) is 8.78 Å². The van der Waals surface area contributed by atoms with Crippen molar-refractivity contribution in [3.8, 4) is 5.75 Å². The zero-order valence-electron chi connectivity index (χ0n) is 17.7. The Morgan fingerprint density at radius 2 is 1.94 bits per heavy atom. The molecule has 0 aromatic heterocycles. The van der Waals surface area contributed by atoms with Crippen molar-refractivity contribution >= 4 is 35.2 Å². The van der Waals surface area contributed by atoms with E-state index in [-0.39, 0.29) is 23.7 Å². The van der Waals surface area contributed by atoms with Crippen molar-refractivity contribution in [3.05, 3.63) is 64.7 Å². The summed E-state index contributed by atoms with van der Waals surface area (Å²) in [5.74, 6) is -1.25. The van der Waals surface area contributed by atoms with Crippen molar-refractivity contribution in [3.63, 3.8) is 0 Å². The Balaban J connectivity index is 1.59. The van der Waals surface area contributed by atoms with Crippen LogP contribution in [0.15, 0.2) is 42.5 Å². The van der Waals surface area contributed by atoms with Crippen molar-refractivity contribution in [2.24, 2.45) is 0 Å². The number of carbonyl (C=O) groups excluding carboxylic acids is 2. The molecule has 1 saturated heterocycles. The summed E-state index contributed by atoms with van der Waals surface area (Å²) in [7, 11) is 0. The molecule has 9 heteroatoms. The number of halogens is 3. The number of piperidine rings is 1. The lowest BCUT2D eigenvalue weighted by Crippen LogP contribution is -2.52. The van der Waals surface area contributed by atoms with Gasteiger partial charge in [-0.1, -0.05) is 23.7 Å². The molecule has 1 heterocycles. The van der Waals surface area contributed by atoms with Gasteiger partial charge in [0.2, 0.25) is 5.91 Å². The van der Waals surface area contributed by atoms with Gasteiger partial charge in [0.05, 0.1) is 10.6 Å². The average molecular weight is 483 g/mol. The number of thioether (sulfide) groups is 1. The second kappa shape index (κ2) is 11.5. The Labute approximate surface area is 195 Å². The van der Waals surface area contributed by atoms with Gasteiger partial charge < -0.3 is 15.0 Å². The van der Waals surface area contributed by atoms with E-state index in [2.05, 4.69) is 5.32 Å². The van der Waals surface area contributed by atoms with Crippen LogP contribution in [0, 0.1) is 11.6 Å². The molecule has 5 nitrogen and oxygen atoms in total. The summed E-state index contributed by atoms with van der Waals surface area (Å²) in [4.78, 5) is 27.5. The van der Waals surface area contributed by atoms with Crippen molar-refractivity contribution < 1.29 is 23.1 Å². The average Bonchev–Trinajstić information content (AvgIpc) is 2.78. The fraction of sp³-hybridized carbons (Fsp3) is 0.391. The minimum atomic E-state index is -0.747. The van der Waals surface area contributed by atoms with Gasteiger partial charge in [-0.2, -0.15) is 11.8 Å². The number of hydrogen-bond acceptors (Lipinski definition) is 4. The topological polar surface area (TPSA) is 58.6 Å². The van der Waals surface area contributed by atoms with E-state index in [4.69, 9.17) is 16.3 Å². The van der Waals surface area contributed by atoms with E-state index in [1.165, 1.54) is 6.07 Å². The van der Waals surface area contributed by atoms with Crippen LogP contribution in [-0.4, -0.2) is 54.0 Å². The predicted octanol–water partition coefficient (Wildman–Crippen LogP) is 4.54. The lowest BCUT2D eigenvalue weighted by Gasteiger charge is -2.34. The molecule has 1 N–H and O–H groups in total. The Kier molecular flexibility index (Phi) is 8.75. The zero-order valence-corrected chi connectivity index (χ0v) is 19.2. The molecule has 1 aliphatic rings. The van der Waals surface area contributed by atoms with Gasteiger partial charge in [0.1, 0.15) is 18.0 Å². The minimum Gasteiger partial charge on any atom is -0.487 e. The van der Waals surface area contributed by atoms with Gasteiger partial charge in [-0.3, -0.25) is 9.59 Å². The first-order chi connectivity index (χ1) is 15.4. The third kappa shape index (κ3) is 6.36. The summed E-state index contributed by atoms with van der Waals surface area (Å²) < 4.78 is 32.6. The van der Waals surface area contributed by atoms with Crippen LogP contribution in [0.25, 0.3) is 0 Å². The number of benzene rings is 2. The second-order valence-corrected chi connectivity index (χ2v) is 8.90. The van der Waals surface area contributed by atoms with E-state index < -0.39 is 17.7 Å². The standard InChI is InChI=1S/C23H25ClF2N2O3S/c1-32-13-10-20(27-22(29)17-4-2-3-5-18(17)24)23(30)28-11-8-16(9-12-28)31-21-7-6-15(25)14-19(21)26/h2-7,14,16,20H,8-13H2,1H3,(H,27,29). The van der Waals surface area contributed by atoms with Crippen LogP contribution in [-0.2, 0) is 4.79 Å². The highest BCUT2D eigenvalue weighted by Gasteiger charge is 2.30. The molecule has 3 rings (SSSR count). The van der Waals surface area contributed by atoms with Gasteiger partial charge in [-0.15, -0.1) is 0 Å². The van der Waals surface area contributed by atoms with Crippen LogP contribution in [0.4, 0.5) is 8.78 Å². The second-order valence-electron chi connectivity index (χ2n) is 7.50. The highest BCUT2D eigenvalue weighted by atomic mass is 35.5. The highest BCUT2D eigenvalue weighted by Crippen LogP contribution is 2.23. The summed E-state index contributed by atoms with van der Waals surface area (Å²) in [6.45, 7) is 0.841. The molecule has 0 saturated carbocycles. The fourth-order valence-corrected chi connectivity index (χ4v) is 4.23. The number of nitrogens with one attached hydrogen (secondary N) is 1. The molecule has 2 amide bonds. The molecule has 0 bridgehead atoms. The van der Waals surface area contributed by atoms with Crippen molar-refractivity contribution in [2.75, 3.05) is 25.1 Å². The van der Waals surface area contributed by atoms with Crippen LogP contribution in [0.5, 0.6) is 5.75 Å². The molecular formula is C23H25ClF2N2O3S. The maximum atomic E-state index is 13.8. The maximum absolute atomic E-state index is 13.8. The van der Waals surface area contributed by atoms with Crippen LogP contribution in [0.2, 0.25) is 5.02 Å². The zero-order chi connectivity index (χ0) is 23.1. The third-order valence-electron chi connectivity index (χ3n) is 5.27. The van der Waals surface area contributed by atoms with E-state index in [1.54, 1.807) is 40.9 Å². The number of hydrogen-bond donors (Lipinski definition) is 1. The number of carbonyl (C=O) groups is 2. The highest BCUT2D eigenvalue weighted by molar-refractivity contribution is 7.98. The molecule has 2 aromatic rings. The van der Waals surface area contributed by atoms with E-state index in [9.17, 15) is 18.4 Å². The molecule has 0 spiro atoms. The summed E-state index contributed by atoms with van der Waals surface area (Å²) in [6, 6.07) is 9.23. The number of rotatable bonds is 8. The molecule has 0 aliphatic carbocycles. The fourth-order valence-electron chi connectivity index (χ4n) is 3.54. The van der Waals surface area contributed by atoms with Crippen molar-refractivity contribution in [1.29, 1.82) is 0 Å². The van der Waals surface area contributed by atoms with E-state index >= 15 is 0 Å². The third-order valence-corrected chi connectivity index (χ3v) is 6.25. The molecule has 1 aliphatic heterocycles. The monoisotopic (exact) mass is 482 g/mol. The van der Waals surface area contributed by atoms with Crippen LogP contribution in [0.3, 0.4) is 0 Å². The largest absolute Gasteiger partial charge is 0.487 e. The Morgan fingerprint density at radius 1 is 1.22 bits per heavy atom. The van der Waals surface area contributed by atoms with Crippen LogP contribution >= 0.6 is 23.4 Å². The number of likely N-dealkylation sites (tertiary alicyclic amines) is 1. The number of amides is 2. The molecule has 172 valence electrons. The molecule has 32 heavy (non-hydrogen) atoms. The molecule has 2 aromatic carbocycles. The van der Waals surface area contributed by atoms with Crippen molar-refractivity contribution in [1.82, 2.24) is 10.2 Å². The molecule has 1 fully saturated rings. The van der Waals surface area contributed by atoms with Crippen LogP contribution < -0.4 is 10.1 Å². The number of ether oxygens (including phenoxy) is 1. The predicted molar refractivity (Wildman–Crippen MR) is 122 cm³/mol. The Hall–Kier alpha value is -2.32. The van der Waals surface area contributed by atoms with Gasteiger partial charge in [0, 0.05) is 32.0 Å². The molecular weight excluding hydrogens is 458 g/mol. The van der Waals surface area contributed by atoms with Gasteiger partial charge in [0.25, 0.3) is 5.91 Å². The smallest absolute Gasteiger partial charge is 0.253 e. The lowest BCUT2D eigenvalue weighted by atomic mass is 10.1. The quantitative estimate of drug-likeness (QED) is 0.600. The van der Waals surface area contributed by atoms with Crippen molar-refractivity contribution in [2.45, 2.75) is 31.4 Å². The Morgan fingerprint density at radius 3 is 2.59 bits per heavy atom. The first kappa shape index (κ1) is 24.3. The summed E-state index contributed by atoms with van der Waals surface area (Å²) in [5.41, 5.74) is 0.324. The molecule has 0 radical (unpaired) electrons. The molecule has 1 atom stereocenters. The number of nitrogens with zero attached hydrogens (tertiary/aromatic N) is 1. The Bertz CT molecular complexity index is 955. The minimum absolute atomic E-state index is 0.000951. The lowest BCUT2D eigenvalue weighted by molar-refractivity contribution is -0.135. The van der Waals surface area contributed by atoms with E-state index in [0.29, 0.717) is 48.7 Å². The van der Waals surface area contributed by atoms with Gasteiger partial charge in [0.15, 0.2) is 11.6 Å². The first-order valence-electron chi connectivity index (χ1n) is 10.3. The first-order valence-corrected chi connectivity index (χ1v) is 12.1. The maximum Gasteiger partial charge on any atom is 0.253 e.